The van der Waals surface area contributed by atoms with Gasteiger partial charge < -0.3 is 19.9 Å². The van der Waals surface area contributed by atoms with Gasteiger partial charge in [-0.15, -0.1) is 0 Å². The minimum Gasteiger partial charge on any atom is -0.508 e. The molecule has 0 aliphatic carbocycles. The van der Waals surface area contributed by atoms with Crippen LogP contribution in [0.3, 0.4) is 0 Å². The first-order valence-corrected chi connectivity index (χ1v) is 8.60. The number of phenolic OH excluding ortho intramolecular Hbond substituents is 1. The van der Waals surface area contributed by atoms with Crippen LogP contribution in [0.1, 0.15) is 16.1 Å². The first-order chi connectivity index (χ1) is 13.9. The number of nitriles is 1. The lowest BCUT2D eigenvalue weighted by Gasteiger charge is -2.04. The number of hydrogen-bond acceptors (Lipinski definition) is 5. The number of nitrogens with zero attached hydrogens (tertiary/aromatic N) is 1. The predicted molar refractivity (Wildman–Crippen MR) is 106 cm³/mol. The molecule has 0 unspecified atom stereocenters. The van der Waals surface area contributed by atoms with E-state index >= 15 is 0 Å². The molecule has 0 aliphatic heterocycles. The molecular formula is C21H13ClN2O5. The van der Waals surface area contributed by atoms with Crippen LogP contribution >= 0.6 is 11.6 Å². The molecule has 0 radical (unpaired) electrons. The van der Waals surface area contributed by atoms with Crippen molar-refractivity contribution in [1.82, 2.24) is 0 Å². The van der Waals surface area contributed by atoms with Crippen LogP contribution in [0.5, 0.6) is 5.75 Å². The van der Waals surface area contributed by atoms with E-state index in [2.05, 4.69) is 5.32 Å². The standard InChI is InChI=1S/C21H13ClN2O5/c22-18-10-12(1-7-17(18)21(27)28)19-8-6-16(29-19)9-13(11-23)20(26)24-14-2-4-15(25)5-3-14/h1-10,25H,(H,24,26)(H,27,28)/b13-9-. The largest absolute Gasteiger partial charge is 0.508 e. The van der Waals surface area contributed by atoms with Crippen molar-refractivity contribution in [3.8, 4) is 23.1 Å². The zero-order valence-corrected chi connectivity index (χ0v) is 15.5. The number of benzene rings is 2. The molecule has 1 heterocycles. The summed E-state index contributed by atoms with van der Waals surface area (Å²) in [4.78, 5) is 23.3. The van der Waals surface area contributed by atoms with Gasteiger partial charge in [0.05, 0.1) is 10.6 Å². The van der Waals surface area contributed by atoms with Crippen LogP contribution in [0.25, 0.3) is 17.4 Å². The summed E-state index contributed by atoms with van der Waals surface area (Å²) in [7, 11) is 0. The number of carbonyl (C=O) groups is 2. The maximum Gasteiger partial charge on any atom is 0.337 e. The van der Waals surface area contributed by atoms with Gasteiger partial charge in [0.2, 0.25) is 0 Å². The van der Waals surface area contributed by atoms with Crippen molar-refractivity contribution in [3.63, 3.8) is 0 Å². The minimum absolute atomic E-state index is 0.0280. The highest BCUT2D eigenvalue weighted by molar-refractivity contribution is 6.33. The van der Waals surface area contributed by atoms with E-state index in [4.69, 9.17) is 21.1 Å². The average Bonchev–Trinajstić information content (AvgIpc) is 3.16. The van der Waals surface area contributed by atoms with Crippen LogP contribution in [-0.4, -0.2) is 22.1 Å². The maximum absolute atomic E-state index is 12.3. The molecule has 0 spiro atoms. The molecule has 29 heavy (non-hydrogen) atoms. The van der Waals surface area contributed by atoms with E-state index in [1.54, 1.807) is 18.2 Å². The Morgan fingerprint density at radius 3 is 2.45 bits per heavy atom. The molecule has 8 heteroatoms. The molecule has 0 saturated heterocycles. The number of carbonyl (C=O) groups excluding carboxylic acids is 1. The Balaban J connectivity index is 1.81. The van der Waals surface area contributed by atoms with Crippen molar-refractivity contribution >= 4 is 35.2 Å². The fraction of sp³-hybridized carbons (Fsp3) is 0. The van der Waals surface area contributed by atoms with Crippen LogP contribution in [0, 0.1) is 11.3 Å². The van der Waals surface area contributed by atoms with Gasteiger partial charge in [-0.1, -0.05) is 17.7 Å². The molecule has 1 aromatic heterocycles. The fourth-order valence-corrected chi connectivity index (χ4v) is 2.72. The van der Waals surface area contributed by atoms with E-state index in [1.807, 2.05) is 6.07 Å². The maximum atomic E-state index is 12.3. The molecule has 3 rings (SSSR count). The lowest BCUT2D eigenvalue weighted by atomic mass is 10.1. The van der Waals surface area contributed by atoms with Crippen molar-refractivity contribution in [2.24, 2.45) is 0 Å². The number of amides is 1. The van der Waals surface area contributed by atoms with E-state index in [0.29, 0.717) is 17.0 Å². The van der Waals surface area contributed by atoms with Crippen LogP contribution in [0.4, 0.5) is 5.69 Å². The molecule has 2 aromatic carbocycles. The van der Waals surface area contributed by atoms with E-state index in [-0.39, 0.29) is 27.7 Å². The molecule has 3 aromatic rings. The fourth-order valence-electron chi connectivity index (χ4n) is 2.46. The summed E-state index contributed by atoms with van der Waals surface area (Å²) >= 11 is 5.97. The van der Waals surface area contributed by atoms with Gasteiger partial charge in [0.25, 0.3) is 5.91 Å². The number of phenols is 1. The molecule has 7 nitrogen and oxygen atoms in total. The lowest BCUT2D eigenvalue weighted by molar-refractivity contribution is -0.112. The summed E-state index contributed by atoms with van der Waals surface area (Å²) in [6.07, 6.45) is 1.28. The molecule has 3 N–H and O–H groups in total. The second-order valence-corrected chi connectivity index (χ2v) is 6.28. The van der Waals surface area contributed by atoms with Crippen LogP contribution in [-0.2, 0) is 4.79 Å². The van der Waals surface area contributed by atoms with Crippen LogP contribution < -0.4 is 5.32 Å². The topological polar surface area (TPSA) is 124 Å². The number of carboxylic acids is 1. The van der Waals surface area contributed by atoms with Gasteiger partial charge in [-0.05, 0) is 48.5 Å². The Kier molecular flexibility index (Phi) is 5.67. The third-order valence-corrected chi connectivity index (χ3v) is 4.20. The summed E-state index contributed by atoms with van der Waals surface area (Å²) in [5, 5.41) is 30.2. The number of aromatic hydroxyl groups is 1. The number of rotatable bonds is 5. The molecule has 0 atom stereocenters. The van der Waals surface area contributed by atoms with E-state index < -0.39 is 11.9 Å². The third-order valence-electron chi connectivity index (χ3n) is 3.89. The summed E-state index contributed by atoms with van der Waals surface area (Å²) < 4.78 is 5.63. The van der Waals surface area contributed by atoms with E-state index in [0.717, 1.165) is 0 Å². The highest BCUT2D eigenvalue weighted by Crippen LogP contribution is 2.28. The number of anilines is 1. The van der Waals surface area contributed by atoms with Gasteiger partial charge in [0.1, 0.15) is 28.9 Å². The lowest BCUT2D eigenvalue weighted by Crippen LogP contribution is -2.13. The van der Waals surface area contributed by atoms with Gasteiger partial charge in [-0.2, -0.15) is 5.26 Å². The molecule has 0 fully saturated rings. The molecule has 0 saturated carbocycles. The number of aromatic carboxylic acids is 1. The van der Waals surface area contributed by atoms with E-state index in [9.17, 15) is 20.0 Å². The third kappa shape index (κ3) is 4.64. The number of nitrogens with one attached hydrogen (secondary N) is 1. The number of furan rings is 1. The second kappa shape index (κ2) is 8.33. The summed E-state index contributed by atoms with van der Waals surface area (Å²) in [5.41, 5.74) is 0.756. The molecule has 0 aliphatic rings. The SMILES string of the molecule is N#C/C(=C/c1ccc(-c2ccc(C(=O)O)c(Cl)c2)o1)C(=O)Nc1ccc(O)cc1. The zero-order chi connectivity index (χ0) is 21.0. The predicted octanol–water partition coefficient (Wildman–Crippen LogP) is 4.55. The zero-order valence-electron chi connectivity index (χ0n) is 14.7. The van der Waals surface area contributed by atoms with Crippen molar-refractivity contribution < 1.29 is 24.2 Å². The summed E-state index contributed by atoms with van der Waals surface area (Å²) in [5.74, 6) is -1.06. The molecule has 144 valence electrons. The van der Waals surface area contributed by atoms with Gasteiger partial charge in [-0.25, -0.2) is 4.79 Å². The van der Waals surface area contributed by atoms with Crippen molar-refractivity contribution in [2.45, 2.75) is 0 Å². The molecule has 1 amide bonds. The van der Waals surface area contributed by atoms with Crippen molar-refractivity contribution in [2.75, 3.05) is 5.32 Å². The number of halogens is 1. The smallest absolute Gasteiger partial charge is 0.337 e. The van der Waals surface area contributed by atoms with Crippen LogP contribution in [0.2, 0.25) is 5.02 Å². The summed E-state index contributed by atoms with van der Waals surface area (Å²) in [6.45, 7) is 0. The van der Waals surface area contributed by atoms with Crippen LogP contribution in [0.15, 0.2) is 64.6 Å². The monoisotopic (exact) mass is 408 g/mol. The van der Waals surface area contributed by atoms with Crippen molar-refractivity contribution in [1.29, 1.82) is 5.26 Å². The highest BCUT2D eigenvalue weighted by atomic mass is 35.5. The quantitative estimate of drug-likeness (QED) is 0.323. The highest BCUT2D eigenvalue weighted by Gasteiger charge is 2.13. The Hall–Kier alpha value is -4.02. The Morgan fingerprint density at radius 1 is 1.10 bits per heavy atom. The normalized spacial score (nSPS) is 11.0. The van der Waals surface area contributed by atoms with Gasteiger partial charge >= 0.3 is 5.97 Å². The summed E-state index contributed by atoms with van der Waals surface area (Å²) in [6, 6.07) is 15.2. The molecule has 0 bridgehead atoms. The minimum atomic E-state index is -1.14. The number of hydrogen-bond donors (Lipinski definition) is 3. The van der Waals surface area contributed by atoms with Crippen molar-refractivity contribution in [3.05, 3.63) is 76.5 Å². The first-order valence-electron chi connectivity index (χ1n) is 8.22. The Bertz CT molecular complexity index is 1160. The second-order valence-electron chi connectivity index (χ2n) is 5.87. The average molecular weight is 409 g/mol. The Morgan fingerprint density at radius 2 is 1.83 bits per heavy atom. The van der Waals surface area contributed by atoms with E-state index in [1.165, 1.54) is 42.5 Å². The molecular weight excluding hydrogens is 396 g/mol. The number of carboxylic acid groups (broad SMARTS) is 1. The van der Waals surface area contributed by atoms with Gasteiger partial charge in [0, 0.05) is 17.3 Å². The first kappa shape index (κ1) is 19.7. The Labute approximate surface area is 170 Å². The van der Waals surface area contributed by atoms with Gasteiger partial charge in [0.15, 0.2) is 0 Å². The van der Waals surface area contributed by atoms with Gasteiger partial charge in [-0.3, -0.25) is 4.79 Å².